The standard InChI is InChI=1S/C15H20O/c1-3-4-5-6-14-7-9-15(10-8-14)13(2)11-12-16/h7-12H,3-6H2,1-2H3/b13-11+. The van der Waals surface area contributed by atoms with Gasteiger partial charge in [-0.25, -0.2) is 0 Å². The molecule has 0 spiro atoms. The monoisotopic (exact) mass is 216 g/mol. The largest absolute Gasteiger partial charge is 0.299 e. The third-order valence-corrected chi connectivity index (χ3v) is 2.80. The fourth-order valence-electron chi connectivity index (χ4n) is 1.71. The van der Waals surface area contributed by atoms with Gasteiger partial charge < -0.3 is 0 Å². The highest BCUT2D eigenvalue weighted by Gasteiger charge is 1.96. The number of hydrogen-bond acceptors (Lipinski definition) is 1. The highest BCUT2D eigenvalue weighted by atomic mass is 16.1. The summed E-state index contributed by atoms with van der Waals surface area (Å²) in [6, 6.07) is 8.51. The zero-order valence-corrected chi connectivity index (χ0v) is 10.2. The molecule has 0 fully saturated rings. The molecule has 0 radical (unpaired) electrons. The van der Waals surface area contributed by atoms with Crippen LogP contribution in [0.1, 0.15) is 44.2 Å². The number of aryl methyl sites for hydroxylation is 1. The van der Waals surface area contributed by atoms with Gasteiger partial charge in [-0.2, -0.15) is 0 Å². The molecule has 1 nitrogen and oxygen atoms in total. The van der Waals surface area contributed by atoms with E-state index in [1.54, 1.807) is 6.08 Å². The first-order valence-corrected chi connectivity index (χ1v) is 5.99. The summed E-state index contributed by atoms with van der Waals surface area (Å²) < 4.78 is 0. The Balaban J connectivity index is 2.60. The van der Waals surface area contributed by atoms with Gasteiger partial charge in [-0.05, 0) is 42.5 Å². The van der Waals surface area contributed by atoms with Crippen molar-refractivity contribution >= 4 is 11.9 Å². The minimum absolute atomic E-state index is 0.838. The molecule has 0 aliphatic heterocycles. The smallest absolute Gasteiger partial charge is 0.143 e. The molecule has 0 amide bonds. The van der Waals surface area contributed by atoms with Gasteiger partial charge >= 0.3 is 0 Å². The molecule has 16 heavy (non-hydrogen) atoms. The lowest BCUT2D eigenvalue weighted by Crippen LogP contribution is -1.87. The van der Waals surface area contributed by atoms with Crippen LogP contribution in [0.3, 0.4) is 0 Å². The van der Waals surface area contributed by atoms with Gasteiger partial charge in [0, 0.05) is 0 Å². The van der Waals surface area contributed by atoms with Gasteiger partial charge in [0.25, 0.3) is 0 Å². The number of carbonyl (C=O) groups excluding carboxylic acids is 1. The molecule has 1 rings (SSSR count). The maximum Gasteiger partial charge on any atom is 0.143 e. The topological polar surface area (TPSA) is 17.1 Å². The molecule has 0 aliphatic rings. The third kappa shape index (κ3) is 4.01. The number of hydrogen-bond donors (Lipinski definition) is 0. The van der Waals surface area contributed by atoms with E-state index in [1.165, 1.54) is 24.8 Å². The van der Waals surface area contributed by atoms with Crippen molar-refractivity contribution in [2.75, 3.05) is 0 Å². The maximum atomic E-state index is 10.4. The van der Waals surface area contributed by atoms with Crippen LogP contribution in [0.15, 0.2) is 30.3 Å². The summed E-state index contributed by atoms with van der Waals surface area (Å²) in [5.74, 6) is 0. The highest BCUT2D eigenvalue weighted by Crippen LogP contribution is 2.15. The van der Waals surface area contributed by atoms with Gasteiger partial charge in [0.15, 0.2) is 0 Å². The predicted octanol–water partition coefficient (Wildman–Crippen LogP) is 4.02. The first-order chi connectivity index (χ1) is 7.77. The van der Waals surface area contributed by atoms with Gasteiger partial charge in [-0.15, -0.1) is 0 Å². The lowest BCUT2D eigenvalue weighted by Gasteiger charge is -2.03. The van der Waals surface area contributed by atoms with Crippen molar-refractivity contribution in [2.45, 2.75) is 39.5 Å². The molecule has 0 aliphatic carbocycles. The molecular weight excluding hydrogens is 196 g/mol. The summed E-state index contributed by atoms with van der Waals surface area (Å²) in [7, 11) is 0. The summed E-state index contributed by atoms with van der Waals surface area (Å²) >= 11 is 0. The summed E-state index contributed by atoms with van der Waals surface area (Å²) in [5.41, 5.74) is 3.54. The van der Waals surface area contributed by atoms with Crippen molar-refractivity contribution in [3.63, 3.8) is 0 Å². The zero-order chi connectivity index (χ0) is 11.8. The SMILES string of the molecule is CCCCCc1ccc(/C(C)=C/C=O)cc1. The molecule has 1 aromatic carbocycles. The molecule has 0 saturated carbocycles. The molecular formula is C15H20O. The van der Waals surface area contributed by atoms with E-state index in [9.17, 15) is 4.79 Å². The molecule has 86 valence electrons. The van der Waals surface area contributed by atoms with Gasteiger partial charge in [0.2, 0.25) is 0 Å². The van der Waals surface area contributed by atoms with Crippen molar-refractivity contribution in [1.29, 1.82) is 0 Å². The van der Waals surface area contributed by atoms with E-state index < -0.39 is 0 Å². The minimum Gasteiger partial charge on any atom is -0.299 e. The lowest BCUT2D eigenvalue weighted by atomic mass is 10.0. The number of rotatable bonds is 6. The lowest BCUT2D eigenvalue weighted by molar-refractivity contribution is -0.104. The third-order valence-electron chi connectivity index (χ3n) is 2.80. The number of carbonyl (C=O) groups is 1. The van der Waals surface area contributed by atoms with E-state index in [4.69, 9.17) is 0 Å². The van der Waals surface area contributed by atoms with Crippen LogP contribution < -0.4 is 0 Å². The van der Waals surface area contributed by atoms with Crippen LogP contribution in [0.2, 0.25) is 0 Å². The van der Waals surface area contributed by atoms with E-state index in [0.29, 0.717) is 0 Å². The molecule has 1 aromatic rings. The summed E-state index contributed by atoms with van der Waals surface area (Å²) in [6.07, 6.45) is 7.42. The summed E-state index contributed by atoms with van der Waals surface area (Å²) in [5, 5.41) is 0. The van der Waals surface area contributed by atoms with E-state index in [0.717, 1.165) is 23.8 Å². The van der Waals surface area contributed by atoms with E-state index in [2.05, 4.69) is 31.2 Å². The Kier molecular flexibility index (Phi) is 5.55. The van der Waals surface area contributed by atoms with Crippen molar-refractivity contribution in [2.24, 2.45) is 0 Å². The van der Waals surface area contributed by atoms with Gasteiger partial charge in [0.05, 0.1) is 0 Å². The van der Waals surface area contributed by atoms with Crippen LogP contribution in [-0.2, 0) is 11.2 Å². The van der Waals surface area contributed by atoms with Crippen molar-refractivity contribution in [3.05, 3.63) is 41.5 Å². The number of aldehydes is 1. The normalized spacial score (nSPS) is 11.5. The second kappa shape index (κ2) is 7.00. The highest BCUT2D eigenvalue weighted by molar-refractivity contribution is 5.80. The Morgan fingerprint density at radius 3 is 2.44 bits per heavy atom. The van der Waals surface area contributed by atoms with Gasteiger partial charge in [-0.1, -0.05) is 44.0 Å². The van der Waals surface area contributed by atoms with Crippen LogP contribution in [-0.4, -0.2) is 6.29 Å². The van der Waals surface area contributed by atoms with Crippen LogP contribution >= 0.6 is 0 Å². The first-order valence-electron chi connectivity index (χ1n) is 5.99. The van der Waals surface area contributed by atoms with Gasteiger partial charge in [-0.3, -0.25) is 4.79 Å². The summed E-state index contributed by atoms with van der Waals surface area (Å²) in [4.78, 5) is 10.4. The summed E-state index contributed by atoms with van der Waals surface area (Å²) in [6.45, 7) is 4.18. The molecule has 0 unspecified atom stereocenters. The molecule has 0 saturated heterocycles. The first kappa shape index (κ1) is 12.7. The average Bonchev–Trinajstić information content (AvgIpc) is 2.30. The number of benzene rings is 1. The molecule has 1 heteroatoms. The molecule has 0 atom stereocenters. The Bertz CT molecular complexity index is 346. The van der Waals surface area contributed by atoms with Crippen molar-refractivity contribution < 1.29 is 4.79 Å². The second-order valence-corrected chi connectivity index (χ2v) is 4.14. The average molecular weight is 216 g/mol. The van der Waals surface area contributed by atoms with Crippen molar-refractivity contribution in [3.8, 4) is 0 Å². The molecule has 0 bridgehead atoms. The Hall–Kier alpha value is -1.37. The molecule has 0 aromatic heterocycles. The van der Waals surface area contributed by atoms with E-state index >= 15 is 0 Å². The maximum absolute atomic E-state index is 10.4. The second-order valence-electron chi connectivity index (χ2n) is 4.14. The predicted molar refractivity (Wildman–Crippen MR) is 69.4 cm³/mol. The molecule has 0 heterocycles. The number of unbranched alkanes of at least 4 members (excludes halogenated alkanes) is 2. The van der Waals surface area contributed by atoms with Crippen LogP contribution in [0, 0.1) is 0 Å². The van der Waals surface area contributed by atoms with Crippen LogP contribution in [0.5, 0.6) is 0 Å². The van der Waals surface area contributed by atoms with Crippen LogP contribution in [0.25, 0.3) is 5.57 Å². The Morgan fingerprint density at radius 1 is 1.19 bits per heavy atom. The molecule has 0 N–H and O–H groups in total. The van der Waals surface area contributed by atoms with Crippen molar-refractivity contribution in [1.82, 2.24) is 0 Å². The van der Waals surface area contributed by atoms with E-state index in [-0.39, 0.29) is 0 Å². The van der Waals surface area contributed by atoms with E-state index in [1.807, 2.05) is 6.92 Å². The van der Waals surface area contributed by atoms with Crippen LogP contribution in [0.4, 0.5) is 0 Å². The quantitative estimate of drug-likeness (QED) is 0.399. The fraction of sp³-hybridized carbons (Fsp3) is 0.400. The zero-order valence-electron chi connectivity index (χ0n) is 10.2. The Labute approximate surface area is 98.2 Å². The fourth-order valence-corrected chi connectivity index (χ4v) is 1.71. The van der Waals surface area contributed by atoms with Gasteiger partial charge in [0.1, 0.15) is 6.29 Å². The number of allylic oxidation sites excluding steroid dienone is 2. The Morgan fingerprint density at radius 2 is 1.88 bits per heavy atom. The minimum atomic E-state index is 0.838.